The minimum atomic E-state index is 0.898. The maximum Gasteiger partial charge on any atom is 0.0587 e. The molecule has 0 fully saturated rings. The lowest BCUT2D eigenvalue weighted by atomic mass is 10.1. The lowest BCUT2D eigenvalue weighted by Crippen LogP contribution is -1.81. The maximum atomic E-state index is 7.32. The van der Waals surface area contributed by atoms with Crippen LogP contribution in [0.4, 0.5) is 0 Å². The molecule has 0 heterocycles. The molecule has 1 nitrogen and oxygen atoms in total. The van der Waals surface area contributed by atoms with E-state index < -0.39 is 0 Å². The minimum Gasteiger partial charge on any atom is -0.199 e. The van der Waals surface area contributed by atoms with Gasteiger partial charge in [0.1, 0.15) is 0 Å². The van der Waals surface area contributed by atoms with Crippen molar-refractivity contribution in [1.29, 1.82) is 5.26 Å². The summed E-state index contributed by atoms with van der Waals surface area (Å²) < 4.78 is 0. The van der Waals surface area contributed by atoms with Crippen LogP contribution in [0.1, 0.15) is 40.5 Å². The molecule has 0 aliphatic carbocycles. The molecule has 0 aromatic rings. The highest BCUT2D eigenvalue weighted by molar-refractivity contribution is 4.51. The van der Waals surface area contributed by atoms with E-state index in [-0.39, 0.29) is 0 Å². The van der Waals surface area contributed by atoms with Gasteiger partial charge in [-0.3, -0.25) is 0 Å². The van der Waals surface area contributed by atoms with Crippen molar-refractivity contribution in [3.63, 3.8) is 0 Å². The lowest BCUT2D eigenvalue weighted by Gasteiger charge is -1.95. The van der Waals surface area contributed by atoms with E-state index in [0.717, 1.165) is 5.92 Å². The highest BCUT2D eigenvalue weighted by Crippen LogP contribution is 2.00. The minimum absolute atomic E-state index is 0.898. The van der Waals surface area contributed by atoms with Crippen molar-refractivity contribution >= 4 is 0 Å². The molecule has 0 bridgehead atoms. The highest BCUT2D eigenvalue weighted by Gasteiger charge is 1.85. The van der Waals surface area contributed by atoms with Crippen molar-refractivity contribution in [2.24, 2.45) is 5.92 Å². The highest BCUT2D eigenvalue weighted by atomic mass is 14.2. The Kier molecular flexibility index (Phi) is 13.2. The molecule has 0 unspecified atom stereocenters. The van der Waals surface area contributed by atoms with E-state index in [9.17, 15) is 0 Å². The maximum absolute atomic E-state index is 7.32. The molecule has 0 saturated heterocycles. The van der Waals surface area contributed by atoms with E-state index in [4.69, 9.17) is 5.26 Å². The predicted molar refractivity (Wildman–Crippen MR) is 41.0 cm³/mol. The normalized spacial score (nSPS) is 7.56. The third kappa shape index (κ3) is 36.4. The molecule has 0 aliphatic rings. The number of nitrogens with zero attached hydrogens (tertiary/aromatic N) is 1. The van der Waals surface area contributed by atoms with Gasteiger partial charge in [0.25, 0.3) is 0 Å². The van der Waals surface area contributed by atoms with Gasteiger partial charge in [-0.2, -0.15) is 5.26 Å². The van der Waals surface area contributed by atoms with Gasteiger partial charge in [-0.15, -0.1) is 0 Å². The third-order valence-electron chi connectivity index (χ3n) is 0.866. The first-order valence-electron chi connectivity index (χ1n) is 3.49. The Bertz CT molecular complexity index is 69.1. The van der Waals surface area contributed by atoms with Gasteiger partial charge in [0.05, 0.1) is 6.07 Å². The fourth-order valence-corrected chi connectivity index (χ4v) is 0.577. The van der Waals surface area contributed by atoms with Crippen LogP contribution in [0.15, 0.2) is 0 Å². The SMILES string of the molecule is CC#N.CCCC(C)C. The van der Waals surface area contributed by atoms with Gasteiger partial charge in [0.15, 0.2) is 0 Å². The second-order valence-corrected chi connectivity index (χ2v) is 2.41. The Morgan fingerprint density at radius 3 is 1.78 bits per heavy atom. The molecule has 0 aromatic carbocycles. The van der Waals surface area contributed by atoms with Crippen molar-refractivity contribution < 1.29 is 0 Å². The molecular formula is C8H17N. The van der Waals surface area contributed by atoms with Crippen molar-refractivity contribution in [1.82, 2.24) is 0 Å². The first-order valence-corrected chi connectivity index (χ1v) is 3.49. The molecular weight excluding hydrogens is 110 g/mol. The quantitative estimate of drug-likeness (QED) is 0.559. The first kappa shape index (κ1) is 11.3. The van der Waals surface area contributed by atoms with E-state index in [2.05, 4.69) is 20.8 Å². The summed E-state index contributed by atoms with van der Waals surface area (Å²) in [5.41, 5.74) is 0. The van der Waals surface area contributed by atoms with E-state index in [0.29, 0.717) is 0 Å². The van der Waals surface area contributed by atoms with Crippen molar-refractivity contribution in [3.8, 4) is 6.07 Å². The van der Waals surface area contributed by atoms with Crippen LogP contribution in [0, 0.1) is 17.2 Å². The number of hydrogen-bond acceptors (Lipinski definition) is 1. The van der Waals surface area contributed by atoms with Gasteiger partial charge in [-0.05, 0) is 5.92 Å². The Morgan fingerprint density at radius 1 is 1.44 bits per heavy atom. The largest absolute Gasteiger partial charge is 0.199 e. The molecule has 0 spiro atoms. The van der Waals surface area contributed by atoms with Crippen molar-refractivity contribution in [2.45, 2.75) is 40.5 Å². The zero-order valence-electron chi connectivity index (χ0n) is 6.94. The Morgan fingerprint density at radius 2 is 1.78 bits per heavy atom. The summed E-state index contributed by atoms with van der Waals surface area (Å²) in [6.45, 7) is 8.16. The average molecular weight is 127 g/mol. The molecule has 0 saturated carbocycles. The Hall–Kier alpha value is -0.510. The van der Waals surface area contributed by atoms with Gasteiger partial charge in [0.2, 0.25) is 0 Å². The van der Waals surface area contributed by atoms with Crippen LogP contribution in [-0.4, -0.2) is 0 Å². The molecule has 54 valence electrons. The molecule has 0 rings (SSSR count). The number of rotatable bonds is 2. The average Bonchev–Trinajstić information content (AvgIpc) is 1.67. The summed E-state index contributed by atoms with van der Waals surface area (Å²) in [4.78, 5) is 0. The smallest absolute Gasteiger partial charge is 0.0587 e. The van der Waals surface area contributed by atoms with Crippen LogP contribution in [-0.2, 0) is 0 Å². The van der Waals surface area contributed by atoms with E-state index in [1.807, 2.05) is 0 Å². The van der Waals surface area contributed by atoms with Crippen LogP contribution < -0.4 is 0 Å². The van der Waals surface area contributed by atoms with E-state index >= 15 is 0 Å². The number of nitriles is 1. The second kappa shape index (κ2) is 10.5. The number of hydrogen-bond donors (Lipinski definition) is 0. The molecule has 0 radical (unpaired) electrons. The summed E-state index contributed by atoms with van der Waals surface area (Å²) in [6, 6.07) is 1.75. The fraction of sp³-hybridized carbons (Fsp3) is 0.875. The predicted octanol–water partition coefficient (Wildman–Crippen LogP) is 2.97. The van der Waals surface area contributed by atoms with Crippen LogP contribution in [0.2, 0.25) is 0 Å². The van der Waals surface area contributed by atoms with Gasteiger partial charge >= 0.3 is 0 Å². The summed E-state index contributed by atoms with van der Waals surface area (Å²) in [5.74, 6) is 0.898. The summed E-state index contributed by atoms with van der Waals surface area (Å²) in [7, 11) is 0. The Balaban J connectivity index is 0. The zero-order chi connectivity index (χ0) is 7.70. The molecule has 1 heteroatoms. The molecule has 0 N–H and O–H groups in total. The molecule has 0 aliphatic heterocycles. The molecule has 0 amide bonds. The van der Waals surface area contributed by atoms with Crippen LogP contribution in [0.25, 0.3) is 0 Å². The van der Waals surface area contributed by atoms with Crippen LogP contribution >= 0.6 is 0 Å². The van der Waals surface area contributed by atoms with Crippen LogP contribution in [0.5, 0.6) is 0 Å². The van der Waals surface area contributed by atoms with Crippen molar-refractivity contribution in [3.05, 3.63) is 0 Å². The summed E-state index contributed by atoms with van der Waals surface area (Å²) in [5, 5.41) is 7.32. The fourth-order valence-electron chi connectivity index (χ4n) is 0.577. The third-order valence-corrected chi connectivity index (χ3v) is 0.866. The lowest BCUT2D eigenvalue weighted by molar-refractivity contribution is 0.576. The standard InChI is InChI=1S/C6H14.C2H3N/c1-4-5-6(2)3;1-2-3/h6H,4-5H2,1-3H3;1H3. The topological polar surface area (TPSA) is 23.8 Å². The molecule has 0 aromatic heterocycles. The second-order valence-electron chi connectivity index (χ2n) is 2.41. The summed E-state index contributed by atoms with van der Waals surface area (Å²) >= 11 is 0. The molecule has 9 heavy (non-hydrogen) atoms. The van der Waals surface area contributed by atoms with E-state index in [1.54, 1.807) is 6.07 Å². The van der Waals surface area contributed by atoms with Crippen LogP contribution in [0.3, 0.4) is 0 Å². The monoisotopic (exact) mass is 127 g/mol. The van der Waals surface area contributed by atoms with Gasteiger partial charge in [0, 0.05) is 6.92 Å². The summed E-state index contributed by atoms with van der Waals surface area (Å²) in [6.07, 6.45) is 2.71. The zero-order valence-corrected chi connectivity index (χ0v) is 6.94. The van der Waals surface area contributed by atoms with Gasteiger partial charge < -0.3 is 0 Å². The first-order chi connectivity index (χ1) is 4.18. The molecule has 0 atom stereocenters. The Labute approximate surface area is 58.7 Å². The van der Waals surface area contributed by atoms with E-state index in [1.165, 1.54) is 19.8 Å². The van der Waals surface area contributed by atoms with Gasteiger partial charge in [-0.1, -0.05) is 33.6 Å². The van der Waals surface area contributed by atoms with Crippen molar-refractivity contribution in [2.75, 3.05) is 0 Å². The van der Waals surface area contributed by atoms with Gasteiger partial charge in [-0.25, -0.2) is 0 Å².